The molecule has 4 aromatic carbocycles. The van der Waals surface area contributed by atoms with E-state index in [4.69, 9.17) is 4.74 Å². The Kier molecular flexibility index (Phi) is 8.66. The number of pyridine rings is 1. The number of nitrogens with one attached hydrogen (secondary N) is 2. The van der Waals surface area contributed by atoms with Gasteiger partial charge in [-0.25, -0.2) is 0 Å². The predicted octanol–water partition coefficient (Wildman–Crippen LogP) is 6.41. The van der Waals surface area contributed by atoms with Gasteiger partial charge in [-0.2, -0.15) is 0 Å². The van der Waals surface area contributed by atoms with Crippen LogP contribution in [0.1, 0.15) is 32.6 Å². The molecule has 0 bridgehead atoms. The van der Waals surface area contributed by atoms with Crippen molar-refractivity contribution in [2.24, 2.45) is 5.92 Å². The standard InChI is InChI=1S/C37H32N4O6/c1-3-23-7-12-28(13-8-23)38-36(43)32-21-31-33(39-35(42)19-24-9-14-29(15-10-24)41(45)46)5-4-6-34(31)40(37(32)44)22-25-17-26-11-16-30(47-2)20-27(26)18-25/h3-16,20-21,25H,1,17-19,22H2,2H3,(H,38,43)(H,39,42). The molecule has 2 N–H and O–H groups in total. The molecule has 0 saturated heterocycles. The molecule has 1 aliphatic rings. The van der Waals surface area contributed by atoms with Crippen molar-refractivity contribution < 1.29 is 19.2 Å². The summed E-state index contributed by atoms with van der Waals surface area (Å²) in [5, 5.41) is 17.3. The van der Waals surface area contributed by atoms with Crippen molar-refractivity contribution >= 4 is 45.9 Å². The fourth-order valence-electron chi connectivity index (χ4n) is 6.07. The lowest BCUT2D eigenvalue weighted by molar-refractivity contribution is -0.384. The van der Waals surface area contributed by atoms with Gasteiger partial charge in [-0.15, -0.1) is 0 Å². The molecule has 0 aliphatic heterocycles. The van der Waals surface area contributed by atoms with Gasteiger partial charge in [0.25, 0.3) is 17.2 Å². The van der Waals surface area contributed by atoms with Gasteiger partial charge in [0.1, 0.15) is 11.3 Å². The lowest BCUT2D eigenvalue weighted by Gasteiger charge is -2.18. The van der Waals surface area contributed by atoms with Crippen LogP contribution in [-0.4, -0.2) is 28.4 Å². The molecule has 0 fully saturated rings. The summed E-state index contributed by atoms with van der Waals surface area (Å²) in [6, 6.07) is 25.7. The Morgan fingerprint density at radius 3 is 2.43 bits per heavy atom. The van der Waals surface area contributed by atoms with Crippen molar-refractivity contribution in [2.75, 3.05) is 17.7 Å². The first-order valence-electron chi connectivity index (χ1n) is 15.1. The maximum atomic E-state index is 14.1. The summed E-state index contributed by atoms with van der Waals surface area (Å²) in [7, 11) is 1.63. The van der Waals surface area contributed by atoms with Crippen LogP contribution < -0.4 is 20.9 Å². The number of amides is 2. The van der Waals surface area contributed by atoms with Crippen LogP contribution in [0.2, 0.25) is 0 Å². The number of fused-ring (bicyclic) bond motifs is 2. The summed E-state index contributed by atoms with van der Waals surface area (Å²) in [4.78, 5) is 51.4. The highest BCUT2D eigenvalue weighted by Gasteiger charge is 2.25. The van der Waals surface area contributed by atoms with Crippen LogP contribution in [0.15, 0.2) is 102 Å². The predicted molar refractivity (Wildman–Crippen MR) is 182 cm³/mol. The fourth-order valence-corrected chi connectivity index (χ4v) is 6.07. The number of rotatable bonds is 10. The molecule has 0 spiro atoms. The largest absolute Gasteiger partial charge is 0.497 e. The number of hydrogen-bond acceptors (Lipinski definition) is 6. The molecule has 0 radical (unpaired) electrons. The summed E-state index contributed by atoms with van der Waals surface area (Å²) in [6.45, 7) is 4.12. The second-order valence-corrected chi connectivity index (χ2v) is 11.5. The number of nitro benzene ring substituents is 1. The molecule has 6 rings (SSSR count). The van der Waals surface area contributed by atoms with Crippen molar-refractivity contribution in [3.63, 3.8) is 0 Å². The zero-order chi connectivity index (χ0) is 33.1. The van der Waals surface area contributed by atoms with E-state index >= 15 is 0 Å². The van der Waals surface area contributed by atoms with Crippen molar-refractivity contribution in [3.8, 4) is 5.75 Å². The van der Waals surface area contributed by atoms with E-state index in [0.717, 1.165) is 24.2 Å². The minimum atomic E-state index is -0.566. The maximum absolute atomic E-state index is 14.1. The van der Waals surface area contributed by atoms with E-state index in [-0.39, 0.29) is 29.5 Å². The van der Waals surface area contributed by atoms with Crippen LogP contribution in [0.3, 0.4) is 0 Å². The number of ether oxygens (including phenoxy) is 1. The van der Waals surface area contributed by atoms with Crippen LogP contribution in [-0.2, 0) is 30.6 Å². The van der Waals surface area contributed by atoms with E-state index in [0.29, 0.717) is 34.4 Å². The Labute approximate surface area is 270 Å². The average molecular weight is 629 g/mol. The Bertz CT molecular complexity index is 2080. The van der Waals surface area contributed by atoms with E-state index in [1.807, 2.05) is 30.3 Å². The van der Waals surface area contributed by atoms with E-state index in [1.165, 1.54) is 41.5 Å². The molecule has 0 saturated carbocycles. The smallest absolute Gasteiger partial charge is 0.269 e. The third kappa shape index (κ3) is 6.67. The molecule has 2 amide bonds. The summed E-state index contributed by atoms with van der Waals surface area (Å²) < 4.78 is 7.03. The summed E-state index contributed by atoms with van der Waals surface area (Å²) >= 11 is 0. The van der Waals surface area contributed by atoms with Crippen molar-refractivity contribution in [2.45, 2.75) is 25.8 Å². The first-order valence-corrected chi connectivity index (χ1v) is 15.1. The number of aromatic nitrogens is 1. The van der Waals surface area contributed by atoms with Gasteiger partial charge in [-0.1, -0.05) is 49.1 Å². The van der Waals surface area contributed by atoms with E-state index in [9.17, 15) is 24.5 Å². The van der Waals surface area contributed by atoms with Crippen LogP contribution in [0.4, 0.5) is 17.1 Å². The Morgan fingerprint density at radius 2 is 1.72 bits per heavy atom. The third-order valence-electron chi connectivity index (χ3n) is 8.44. The lowest BCUT2D eigenvalue weighted by Crippen LogP contribution is -2.31. The van der Waals surface area contributed by atoms with Crippen molar-refractivity contribution in [1.82, 2.24) is 4.57 Å². The molecule has 1 unspecified atom stereocenters. The summed E-state index contributed by atoms with van der Waals surface area (Å²) in [6.07, 6.45) is 3.19. The zero-order valence-electron chi connectivity index (χ0n) is 25.7. The Hall–Kier alpha value is -6.03. The number of methoxy groups -OCH3 is 1. The fraction of sp³-hybridized carbons (Fsp3) is 0.162. The van der Waals surface area contributed by atoms with E-state index in [1.54, 1.807) is 42.0 Å². The van der Waals surface area contributed by atoms with Crippen molar-refractivity contribution in [1.29, 1.82) is 0 Å². The molecule has 10 heteroatoms. The number of benzene rings is 4. The first-order chi connectivity index (χ1) is 22.7. The van der Waals surface area contributed by atoms with Crippen LogP contribution in [0.25, 0.3) is 17.0 Å². The molecule has 5 aromatic rings. The highest BCUT2D eigenvalue weighted by Crippen LogP contribution is 2.32. The number of nitro groups is 1. The highest BCUT2D eigenvalue weighted by atomic mass is 16.6. The number of anilines is 2. The molecular weight excluding hydrogens is 596 g/mol. The minimum absolute atomic E-state index is 0.0220. The molecule has 1 aliphatic carbocycles. The highest BCUT2D eigenvalue weighted by molar-refractivity contribution is 6.08. The molecule has 236 valence electrons. The number of non-ortho nitro benzene ring substituents is 1. The van der Waals surface area contributed by atoms with Gasteiger partial charge < -0.3 is 19.9 Å². The van der Waals surface area contributed by atoms with Crippen LogP contribution >= 0.6 is 0 Å². The molecule has 1 atom stereocenters. The number of carbonyl (C=O) groups is 2. The quantitative estimate of drug-likeness (QED) is 0.136. The SMILES string of the molecule is C=Cc1ccc(NC(=O)c2cc3c(NC(=O)Cc4ccc([N+](=O)[O-])cc4)cccc3n(CC3Cc4ccc(OC)cc4C3)c2=O)cc1. The average Bonchev–Trinajstić information content (AvgIpc) is 3.48. The van der Waals surface area contributed by atoms with Crippen molar-refractivity contribution in [3.05, 3.63) is 146 Å². The third-order valence-corrected chi connectivity index (χ3v) is 8.44. The molecule has 47 heavy (non-hydrogen) atoms. The van der Waals surface area contributed by atoms with Gasteiger partial charge in [-0.3, -0.25) is 24.5 Å². The topological polar surface area (TPSA) is 133 Å². The lowest BCUT2D eigenvalue weighted by atomic mass is 10.0. The first kappa shape index (κ1) is 31.0. The van der Waals surface area contributed by atoms with Gasteiger partial charge in [-0.05, 0) is 83.5 Å². The van der Waals surface area contributed by atoms with Gasteiger partial charge in [0, 0.05) is 29.8 Å². The summed E-state index contributed by atoms with van der Waals surface area (Å²) in [5.41, 5.74) is 4.86. The molecule has 1 aromatic heterocycles. The zero-order valence-corrected chi connectivity index (χ0v) is 25.7. The number of hydrogen-bond donors (Lipinski definition) is 2. The Balaban J connectivity index is 1.35. The molecule has 1 heterocycles. The second-order valence-electron chi connectivity index (χ2n) is 11.5. The molecular formula is C37H32N4O6. The minimum Gasteiger partial charge on any atom is -0.497 e. The van der Waals surface area contributed by atoms with E-state index < -0.39 is 16.4 Å². The monoisotopic (exact) mass is 628 g/mol. The van der Waals surface area contributed by atoms with Crippen LogP contribution in [0.5, 0.6) is 5.75 Å². The van der Waals surface area contributed by atoms with Gasteiger partial charge in [0.2, 0.25) is 5.91 Å². The van der Waals surface area contributed by atoms with E-state index in [2.05, 4.69) is 23.3 Å². The Morgan fingerprint density at radius 1 is 0.979 bits per heavy atom. The van der Waals surface area contributed by atoms with Gasteiger partial charge >= 0.3 is 0 Å². The van der Waals surface area contributed by atoms with Crippen LogP contribution in [0, 0.1) is 16.0 Å². The number of carbonyl (C=O) groups excluding carboxylic acids is 2. The summed E-state index contributed by atoms with van der Waals surface area (Å²) in [5.74, 6) is -0.0369. The second kappa shape index (κ2) is 13.1. The number of nitrogens with zero attached hydrogens (tertiary/aromatic N) is 2. The maximum Gasteiger partial charge on any atom is 0.269 e. The van der Waals surface area contributed by atoms with Gasteiger partial charge in [0.05, 0.1) is 29.7 Å². The van der Waals surface area contributed by atoms with Gasteiger partial charge in [0.15, 0.2) is 0 Å². The normalized spacial score (nSPS) is 13.5. The molecule has 10 nitrogen and oxygen atoms in total.